The summed E-state index contributed by atoms with van der Waals surface area (Å²) in [7, 11) is 1.84. The second-order valence-electron chi connectivity index (χ2n) is 5.75. The number of nitrogens with zero attached hydrogens (tertiary/aromatic N) is 4. The van der Waals surface area contributed by atoms with E-state index in [9.17, 15) is 0 Å². The summed E-state index contributed by atoms with van der Waals surface area (Å²) in [6.07, 6.45) is 2.79. The minimum absolute atomic E-state index is 0.691. The number of aliphatic imine (C=N–C) groups is 1. The molecule has 6 nitrogen and oxygen atoms in total. The fourth-order valence-electron chi connectivity index (χ4n) is 2.89. The SMILES string of the molecule is CN=C(NCCCc1nc(C)no1)N1CCc2ccccc2C1. The normalized spacial score (nSPS) is 14.7. The van der Waals surface area contributed by atoms with E-state index in [4.69, 9.17) is 4.52 Å². The van der Waals surface area contributed by atoms with Gasteiger partial charge in [0.1, 0.15) is 0 Å². The standard InChI is InChI=1S/C17H23N5O/c1-13-20-16(23-21-13)8-5-10-19-17(18-2)22-11-9-14-6-3-4-7-15(14)12-22/h3-4,6-7H,5,8-12H2,1-2H3,(H,18,19). The third kappa shape index (κ3) is 3.88. The molecule has 0 saturated heterocycles. The number of rotatable bonds is 4. The molecule has 1 aliphatic rings. The maximum Gasteiger partial charge on any atom is 0.226 e. The molecule has 0 saturated carbocycles. The van der Waals surface area contributed by atoms with Crippen LogP contribution in [0.2, 0.25) is 0 Å². The van der Waals surface area contributed by atoms with Crippen LogP contribution in [0.3, 0.4) is 0 Å². The van der Waals surface area contributed by atoms with Crippen LogP contribution < -0.4 is 5.32 Å². The first-order valence-corrected chi connectivity index (χ1v) is 8.08. The lowest BCUT2D eigenvalue weighted by molar-refractivity contribution is 0.367. The van der Waals surface area contributed by atoms with Gasteiger partial charge in [-0.15, -0.1) is 0 Å². The highest BCUT2D eigenvalue weighted by Gasteiger charge is 2.18. The molecule has 1 N–H and O–H groups in total. The molecule has 2 aromatic rings. The van der Waals surface area contributed by atoms with Crippen molar-refractivity contribution < 1.29 is 4.52 Å². The highest BCUT2D eigenvalue weighted by molar-refractivity contribution is 5.80. The van der Waals surface area contributed by atoms with E-state index in [-0.39, 0.29) is 0 Å². The summed E-state index contributed by atoms with van der Waals surface area (Å²) < 4.78 is 5.12. The van der Waals surface area contributed by atoms with Crippen molar-refractivity contribution in [3.05, 3.63) is 47.1 Å². The predicted molar refractivity (Wildman–Crippen MR) is 89.3 cm³/mol. The summed E-state index contributed by atoms with van der Waals surface area (Å²) in [6.45, 7) is 4.59. The zero-order chi connectivity index (χ0) is 16.1. The smallest absolute Gasteiger partial charge is 0.226 e. The van der Waals surface area contributed by atoms with Crippen molar-refractivity contribution in [2.24, 2.45) is 4.99 Å². The van der Waals surface area contributed by atoms with Crippen LogP contribution in [0, 0.1) is 6.92 Å². The molecule has 1 aromatic heterocycles. The molecular weight excluding hydrogens is 290 g/mol. The van der Waals surface area contributed by atoms with Crippen molar-refractivity contribution in [2.45, 2.75) is 32.7 Å². The average molecular weight is 313 g/mol. The maximum absolute atomic E-state index is 5.12. The van der Waals surface area contributed by atoms with Gasteiger partial charge in [-0.05, 0) is 30.9 Å². The molecular formula is C17H23N5O. The van der Waals surface area contributed by atoms with Gasteiger partial charge in [0.15, 0.2) is 11.8 Å². The number of aromatic nitrogens is 2. The fourth-order valence-corrected chi connectivity index (χ4v) is 2.89. The highest BCUT2D eigenvalue weighted by Crippen LogP contribution is 2.18. The molecule has 1 aromatic carbocycles. The summed E-state index contributed by atoms with van der Waals surface area (Å²) in [5.41, 5.74) is 2.84. The van der Waals surface area contributed by atoms with Gasteiger partial charge < -0.3 is 14.7 Å². The maximum atomic E-state index is 5.12. The molecule has 3 rings (SSSR count). The van der Waals surface area contributed by atoms with Crippen molar-refractivity contribution in [1.82, 2.24) is 20.4 Å². The minimum atomic E-state index is 0.691. The van der Waals surface area contributed by atoms with Crippen molar-refractivity contribution in [1.29, 1.82) is 0 Å². The first-order chi connectivity index (χ1) is 11.3. The lowest BCUT2D eigenvalue weighted by Gasteiger charge is -2.31. The molecule has 1 aliphatic heterocycles. The molecule has 2 heterocycles. The summed E-state index contributed by atoms with van der Waals surface area (Å²) in [5, 5.41) is 7.24. The Morgan fingerprint density at radius 1 is 1.35 bits per heavy atom. The first kappa shape index (κ1) is 15.5. The first-order valence-electron chi connectivity index (χ1n) is 8.08. The van der Waals surface area contributed by atoms with Crippen LogP contribution in [0.4, 0.5) is 0 Å². The lowest BCUT2D eigenvalue weighted by Crippen LogP contribution is -2.44. The zero-order valence-corrected chi connectivity index (χ0v) is 13.7. The number of nitrogens with one attached hydrogen (secondary N) is 1. The Morgan fingerprint density at radius 3 is 2.91 bits per heavy atom. The van der Waals surface area contributed by atoms with E-state index in [1.807, 2.05) is 14.0 Å². The molecule has 122 valence electrons. The van der Waals surface area contributed by atoms with E-state index in [1.165, 1.54) is 11.1 Å². The Morgan fingerprint density at radius 2 is 2.17 bits per heavy atom. The number of hydrogen-bond acceptors (Lipinski definition) is 4. The van der Waals surface area contributed by atoms with Crippen LogP contribution in [0.25, 0.3) is 0 Å². The highest BCUT2D eigenvalue weighted by atomic mass is 16.5. The molecule has 23 heavy (non-hydrogen) atoms. The topological polar surface area (TPSA) is 66.5 Å². The summed E-state index contributed by atoms with van der Waals surface area (Å²) in [6, 6.07) is 8.63. The van der Waals surface area contributed by atoms with Crippen LogP contribution in [-0.2, 0) is 19.4 Å². The molecule has 0 aliphatic carbocycles. The van der Waals surface area contributed by atoms with Crippen molar-refractivity contribution in [3.8, 4) is 0 Å². The molecule has 0 bridgehead atoms. The minimum Gasteiger partial charge on any atom is -0.356 e. The number of fused-ring (bicyclic) bond motifs is 1. The molecule has 0 amide bonds. The molecule has 0 spiro atoms. The van der Waals surface area contributed by atoms with E-state index in [0.717, 1.165) is 44.9 Å². The summed E-state index contributed by atoms with van der Waals surface area (Å²) in [5.74, 6) is 2.35. The van der Waals surface area contributed by atoms with Gasteiger partial charge in [0.2, 0.25) is 5.89 Å². The van der Waals surface area contributed by atoms with Gasteiger partial charge in [-0.1, -0.05) is 29.4 Å². The Kier molecular flexibility index (Phi) is 4.90. The van der Waals surface area contributed by atoms with Crippen LogP contribution in [-0.4, -0.2) is 41.1 Å². The third-order valence-electron chi connectivity index (χ3n) is 4.06. The number of benzene rings is 1. The Balaban J connectivity index is 1.49. The van der Waals surface area contributed by atoms with Crippen LogP contribution in [0.5, 0.6) is 0 Å². The van der Waals surface area contributed by atoms with Gasteiger partial charge in [0, 0.05) is 33.1 Å². The van der Waals surface area contributed by atoms with Crippen molar-refractivity contribution in [3.63, 3.8) is 0 Å². The second kappa shape index (κ2) is 7.26. The van der Waals surface area contributed by atoms with Gasteiger partial charge >= 0.3 is 0 Å². The third-order valence-corrected chi connectivity index (χ3v) is 4.06. The van der Waals surface area contributed by atoms with E-state index in [2.05, 4.69) is 49.6 Å². The summed E-state index contributed by atoms with van der Waals surface area (Å²) in [4.78, 5) is 10.9. The molecule has 0 radical (unpaired) electrons. The monoisotopic (exact) mass is 313 g/mol. The molecule has 0 unspecified atom stereocenters. The Bertz CT molecular complexity index is 679. The van der Waals surface area contributed by atoms with Gasteiger partial charge in [-0.3, -0.25) is 4.99 Å². The van der Waals surface area contributed by atoms with E-state index >= 15 is 0 Å². The molecule has 0 atom stereocenters. The largest absolute Gasteiger partial charge is 0.356 e. The van der Waals surface area contributed by atoms with Crippen LogP contribution >= 0.6 is 0 Å². The zero-order valence-electron chi connectivity index (χ0n) is 13.7. The van der Waals surface area contributed by atoms with E-state index in [0.29, 0.717) is 11.7 Å². The van der Waals surface area contributed by atoms with Crippen LogP contribution in [0.15, 0.2) is 33.8 Å². The molecule has 6 heteroatoms. The molecule has 0 fully saturated rings. The van der Waals surface area contributed by atoms with E-state index in [1.54, 1.807) is 0 Å². The quantitative estimate of drug-likeness (QED) is 0.531. The van der Waals surface area contributed by atoms with Crippen molar-refractivity contribution in [2.75, 3.05) is 20.1 Å². The van der Waals surface area contributed by atoms with Gasteiger partial charge in [-0.25, -0.2) is 0 Å². The summed E-state index contributed by atoms with van der Waals surface area (Å²) >= 11 is 0. The lowest BCUT2D eigenvalue weighted by atomic mass is 10.0. The van der Waals surface area contributed by atoms with Gasteiger partial charge in [0.05, 0.1) is 0 Å². The Labute approximate surface area is 136 Å². The van der Waals surface area contributed by atoms with Gasteiger partial charge in [-0.2, -0.15) is 4.98 Å². The second-order valence-corrected chi connectivity index (χ2v) is 5.75. The average Bonchev–Trinajstić information content (AvgIpc) is 3.00. The fraction of sp³-hybridized carbons (Fsp3) is 0.471. The number of hydrogen-bond donors (Lipinski definition) is 1. The van der Waals surface area contributed by atoms with Crippen molar-refractivity contribution >= 4 is 5.96 Å². The predicted octanol–water partition coefficient (Wildman–Crippen LogP) is 1.94. The number of aryl methyl sites for hydroxylation is 2. The van der Waals surface area contributed by atoms with Gasteiger partial charge in [0.25, 0.3) is 0 Å². The van der Waals surface area contributed by atoms with E-state index < -0.39 is 0 Å². The Hall–Kier alpha value is -2.37. The van der Waals surface area contributed by atoms with Crippen LogP contribution in [0.1, 0.15) is 29.3 Å². The number of guanidine groups is 1.